The fourth-order valence-electron chi connectivity index (χ4n) is 1.77. The van der Waals surface area contributed by atoms with E-state index in [2.05, 4.69) is 48.5 Å². The van der Waals surface area contributed by atoms with Crippen LogP contribution in [0.3, 0.4) is 0 Å². The number of aromatic nitrogens is 1. The molecule has 0 aliphatic carbocycles. The predicted molar refractivity (Wildman–Crippen MR) is 86.4 cm³/mol. The molecule has 22 heavy (non-hydrogen) atoms. The molecular weight excluding hydrogens is 324 g/mol. The van der Waals surface area contributed by atoms with Crippen LogP contribution in [0.1, 0.15) is 1.43 Å². The second-order valence-corrected chi connectivity index (χ2v) is 5.87. The van der Waals surface area contributed by atoms with Gasteiger partial charge in [-0.05, 0) is 23.3 Å². The van der Waals surface area contributed by atoms with E-state index in [9.17, 15) is 0 Å². The van der Waals surface area contributed by atoms with Crippen LogP contribution < -0.4 is 51.4 Å². The molecule has 0 saturated heterocycles. The van der Waals surface area contributed by atoms with Crippen molar-refractivity contribution in [1.82, 2.24) is 4.34 Å². The SMILES string of the molecule is O[P+](O)(O)n1cccc1.[H-].[K+].c1ccc(-c2ccccc2)cc1. The van der Waals surface area contributed by atoms with Gasteiger partial charge in [-0.2, -0.15) is 19.0 Å². The first-order valence-electron chi connectivity index (χ1n) is 6.39. The molecule has 0 atom stereocenters. The molecular formula is C16H18KNO3P+. The number of rotatable bonds is 2. The first-order chi connectivity index (χ1) is 10.1. The van der Waals surface area contributed by atoms with Crippen LogP contribution in [0.25, 0.3) is 11.1 Å². The van der Waals surface area contributed by atoms with Crippen molar-refractivity contribution in [3.8, 4) is 11.1 Å². The minimum atomic E-state index is -3.80. The second kappa shape index (κ2) is 9.73. The zero-order valence-corrected chi connectivity index (χ0v) is 16.3. The third kappa shape index (κ3) is 6.42. The van der Waals surface area contributed by atoms with Crippen LogP contribution in [0.2, 0.25) is 0 Å². The van der Waals surface area contributed by atoms with Crippen molar-refractivity contribution in [1.29, 1.82) is 0 Å². The molecule has 0 amide bonds. The van der Waals surface area contributed by atoms with E-state index in [1.807, 2.05) is 12.1 Å². The van der Waals surface area contributed by atoms with Gasteiger partial charge in [-0.15, -0.1) is 0 Å². The Bertz CT molecular complexity index is 609. The van der Waals surface area contributed by atoms with Gasteiger partial charge in [0, 0.05) is 0 Å². The number of hydrogen-bond acceptors (Lipinski definition) is 3. The van der Waals surface area contributed by atoms with E-state index >= 15 is 0 Å². The van der Waals surface area contributed by atoms with Crippen molar-refractivity contribution >= 4 is 8.09 Å². The minimum absolute atomic E-state index is 0. The molecule has 1 heterocycles. The average Bonchev–Trinajstić information content (AvgIpc) is 3.04. The van der Waals surface area contributed by atoms with E-state index in [1.165, 1.54) is 23.5 Å². The quantitative estimate of drug-likeness (QED) is 0.468. The largest absolute Gasteiger partial charge is 1.00 e. The zero-order valence-electron chi connectivity index (χ0n) is 13.3. The monoisotopic (exact) mass is 342 g/mol. The zero-order chi connectivity index (χ0) is 15.1. The molecule has 0 saturated carbocycles. The molecule has 6 heteroatoms. The third-order valence-corrected chi connectivity index (χ3v) is 3.67. The number of hydrogen-bond donors (Lipinski definition) is 3. The summed E-state index contributed by atoms with van der Waals surface area (Å²) in [6.07, 6.45) is 2.77. The van der Waals surface area contributed by atoms with Crippen LogP contribution in [0.4, 0.5) is 0 Å². The maximum Gasteiger partial charge on any atom is 1.00 e. The molecule has 0 radical (unpaired) electrons. The Morgan fingerprint density at radius 1 is 0.636 bits per heavy atom. The van der Waals surface area contributed by atoms with E-state index in [1.54, 1.807) is 12.1 Å². The Labute approximate surface area is 174 Å². The molecule has 1 aromatic heterocycles. The van der Waals surface area contributed by atoms with Gasteiger partial charge < -0.3 is 1.43 Å². The van der Waals surface area contributed by atoms with Crippen LogP contribution in [0.5, 0.6) is 0 Å². The summed E-state index contributed by atoms with van der Waals surface area (Å²) < 4.78 is 0.965. The maximum absolute atomic E-state index is 8.56. The molecule has 0 bridgehead atoms. The summed E-state index contributed by atoms with van der Waals surface area (Å²) in [4.78, 5) is 25.7. The van der Waals surface area contributed by atoms with Gasteiger partial charge in [0.1, 0.15) is 0 Å². The molecule has 3 rings (SSSR count). The van der Waals surface area contributed by atoms with Crippen LogP contribution >= 0.6 is 8.09 Å². The third-order valence-electron chi connectivity index (χ3n) is 2.78. The molecule has 0 spiro atoms. The van der Waals surface area contributed by atoms with Crippen molar-refractivity contribution in [3.05, 3.63) is 85.2 Å². The fourth-order valence-corrected chi connectivity index (χ4v) is 2.28. The van der Waals surface area contributed by atoms with Gasteiger partial charge in [-0.1, -0.05) is 60.7 Å². The van der Waals surface area contributed by atoms with Crippen molar-refractivity contribution < 1.29 is 67.5 Å². The Morgan fingerprint density at radius 2 is 1.00 bits per heavy atom. The van der Waals surface area contributed by atoms with E-state index in [-0.39, 0.29) is 52.8 Å². The molecule has 3 N–H and O–H groups in total. The molecule has 2 aromatic carbocycles. The van der Waals surface area contributed by atoms with E-state index in [4.69, 9.17) is 14.7 Å². The second-order valence-electron chi connectivity index (χ2n) is 4.33. The van der Waals surface area contributed by atoms with Gasteiger partial charge in [-0.25, -0.2) is 0 Å². The standard InChI is InChI=1S/C12H10.C4H7NO3P.K.H/c1-3-7-11(8-4-1)12-9-5-2-6-10-12;6-9(7,8)5-3-1-2-4-5;;/h1-10H;1-4,6-8H;;/q;2*+1;-1. The van der Waals surface area contributed by atoms with E-state index in [0.29, 0.717) is 0 Å². The molecule has 0 aliphatic heterocycles. The molecule has 0 unspecified atom stereocenters. The number of nitrogens with zero attached hydrogens (tertiary/aromatic N) is 1. The summed E-state index contributed by atoms with van der Waals surface area (Å²) in [5, 5.41) is 0. The van der Waals surface area contributed by atoms with Crippen LogP contribution in [-0.4, -0.2) is 19.0 Å². The topological polar surface area (TPSA) is 65.6 Å². The summed E-state index contributed by atoms with van der Waals surface area (Å²) in [5.41, 5.74) is 2.55. The predicted octanol–water partition coefficient (Wildman–Crippen LogP) is 0.461. The molecule has 0 aliphatic rings. The van der Waals surface area contributed by atoms with Crippen LogP contribution in [0, 0.1) is 0 Å². The van der Waals surface area contributed by atoms with E-state index < -0.39 is 8.09 Å². The van der Waals surface area contributed by atoms with Gasteiger partial charge in [0.25, 0.3) is 0 Å². The van der Waals surface area contributed by atoms with Crippen molar-refractivity contribution in [2.75, 3.05) is 0 Å². The first kappa shape index (κ1) is 19.7. The van der Waals surface area contributed by atoms with Crippen molar-refractivity contribution in [3.63, 3.8) is 0 Å². The Morgan fingerprint density at radius 3 is 1.27 bits per heavy atom. The molecule has 0 fully saturated rings. The molecule has 3 aromatic rings. The molecule has 110 valence electrons. The first-order valence-corrected chi connectivity index (χ1v) is 7.99. The maximum atomic E-state index is 8.56. The van der Waals surface area contributed by atoms with Gasteiger partial charge >= 0.3 is 59.5 Å². The Hall–Kier alpha value is -0.334. The Balaban J connectivity index is 0.000000401. The van der Waals surface area contributed by atoms with Crippen LogP contribution in [0.15, 0.2) is 85.2 Å². The van der Waals surface area contributed by atoms with Crippen LogP contribution in [-0.2, 0) is 0 Å². The van der Waals surface area contributed by atoms with E-state index in [0.717, 1.165) is 4.34 Å². The number of benzene rings is 2. The van der Waals surface area contributed by atoms with Gasteiger partial charge in [-0.3, -0.25) is 0 Å². The summed E-state index contributed by atoms with van der Waals surface area (Å²) in [7, 11) is -3.80. The summed E-state index contributed by atoms with van der Waals surface area (Å²) in [6, 6.07) is 24.0. The minimum Gasteiger partial charge on any atom is -1.00 e. The summed E-state index contributed by atoms with van der Waals surface area (Å²) in [5.74, 6) is 0. The fraction of sp³-hybridized carbons (Fsp3) is 0. The van der Waals surface area contributed by atoms with Gasteiger partial charge in [0.05, 0.1) is 12.4 Å². The van der Waals surface area contributed by atoms with Gasteiger partial charge in [0.15, 0.2) is 0 Å². The summed E-state index contributed by atoms with van der Waals surface area (Å²) in [6.45, 7) is 0. The van der Waals surface area contributed by atoms with Gasteiger partial charge in [0.2, 0.25) is 0 Å². The smallest absolute Gasteiger partial charge is 1.00 e. The molecule has 4 nitrogen and oxygen atoms in total. The van der Waals surface area contributed by atoms with Crippen molar-refractivity contribution in [2.45, 2.75) is 0 Å². The Kier molecular flexibility index (Phi) is 8.72. The normalized spacial score (nSPS) is 10.1. The average molecular weight is 342 g/mol. The van der Waals surface area contributed by atoms with Crippen molar-refractivity contribution in [2.24, 2.45) is 0 Å². The summed E-state index contributed by atoms with van der Waals surface area (Å²) >= 11 is 0.